The number of benzene rings is 1. The van der Waals surface area contributed by atoms with E-state index >= 15 is 0 Å². The highest BCUT2D eigenvalue weighted by molar-refractivity contribution is 6.12. The topological polar surface area (TPSA) is 40.6 Å². The van der Waals surface area contributed by atoms with Crippen molar-refractivity contribution >= 4 is 11.6 Å². The van der Waals surface area contributed by atoms with Gasteiger partial charge in [0.1, 0.15) is 0 Å². The van der Waals surface area contributed by atoms with Crippen molar-refractivity contribution in [2.24, 2.45) is 10.8 Å². The van der Waals surface area contributed by atoms with Crippen LogP contribution < -0.4 is 0 Å². The van der Waals surface area contributed by atoms with Crippen molar-refractivity contribution in [2.45, 2.75) is 93.2 Å². The number of hydrogen-bond donors (Lipinski definition) is 0. The molecule has 4 heteroatoms. The van der Waals surface area contributed by atoms with Crippen molar-refractivity contribution in [1.82, 2.24) is 9.80 Å². The molecule has 0 spiro atoms. The van der Waals surface area contributed by atoms with E-state index in [1.807, 2.05) is 24.3 Å². The van der Waals surface area contributed by atoms with E-state index in [2.05, 4.69) is 91.4 Å². The van der Waals surface area contributed by atoms with Crippen LogP contribution in [0, 0.1) is 10.8 Å². The second-order valence-electron chi connectivity index (χ2n) is 13.3. The van der Waals surface area contributed by atoms with Crippen LogP contribution in [0.5, 0.6) is 0 Å². The summed E-state index contributed by atoms with van der Waals surface area (Å²) in [6, 6.07) is 7.28. The maximum absolute atomic E-state index is 13.5. The normalized spacial score (nSPS) is 20.5. The van der Waals surface area contributed by atoms with Crippen molar-refractivity contribution < 1.29 is 9.59 Å². The van der Waals surface area contributed by atoms with Crippen molar-refractivity contribution in [3.05, 3.63) is 58.9 Å². The molecule has 2 aliphatic heterocycles. The fourth-order valence-corrected chi connectivity index (χ4v) is 4.73. The van der Waals surface area contributed by atoms with Crippen LogP contribution in [0.4, 0.5) is 0 Å². The molecule has 186 valence electrons. The molecule has 0 N–H and O–H groups in total. The van der Waals surface area contributed by atoms with Gasteiger partial charge in [-0.2, -0.15) is 0 Å². The summed E-state index contributed by atoms with van der Waals surface area (Å²) in [6.07, 6.45) is 5.99. The molecular formula is C30H44N2O2. The Labute approximate surface area is 207 Å². The average molecular weight is 465 g/mol. The van der Waals surface area contributed by atoms with E-state index in [1.165, 1.54) is 0 Å². The van der Waals surface area contributed by atoms with Gasteiger partial charge in [-0.25, -0.2) is 0 Å². The van der Waals surface area contributed by atoms with Gasteiger partial charge in [-0.05, 0) is 65.2 Å². The standard InChI is InChI=1S/C30H44N2O2/c1-27(2,3)31-17-15-29(7,8)23(19-31)25(33)21-11-13-22(14-12-21)26(34)24-20-32(28(4,5)6)18-16-30(24,9)10/h11-14,19-20H,15-18H2,1-10H3. The molecule has 0 amide bonds. The van der Waals surface area contributed by atoms with Crippen LogP contribution in [0.25, 0.3) is 0 Å². The molecule has 1 aromatic rings. The van der Waals surface area contributed by atoms with E-state index < -0.39 is 0 Å². The largest absolute Gasteiger partial charge is 0.372 e. The molecule has 0 saturated carbocycles. The van der Waals surface area contributed by atoms with E-state index in [0.29, 0.717) is 11.1 Å². The van der Waals surface area contributed by atoms with Gasteiger partial charge in [0.25, 0.3) is 0 Å². The lowest BCUT2D eigenvalue weighted by atomic mass is 9.74. The Morgan fingerprint density at radius 2 is 0.941 bits per heavy atom. The van der Waals surface area contributed by atoms with Gasteiger partial charge in [0.2, 0.25) is 0 Å². The smallest absolute Gasteiger partial charge is 0.191 e. The van der Waals surface area contributed by atoms with Gasteiger partial charge in [0, 0.05) is 58.8 Å². The van der Waals surface area contributed by atoms with Crippen LogP contribution in [0.1, 0.15) is 103 Å². The maximum Gasteiger partial charge on any atom is 0.191 e. The van der Waals surface area contributed by atoms with Crippen LogP contribution in [0.3, 0.4) is 0 Å². The number of rotatable bonds is 4. The SMILES string of the molecule is CC1(C)CCN(C(C)(C)C)C=C1C(=O)c1ccc(C(=O)C2=CN(C(C)(C)C)CCC2(C)C)cc1. The summed E-state index contributed by atoms with van der Waals surface area (Å²) < 4.78 is 0. The predicted octanol–water partition coefficient (Wildman–Crippen LogP) is 6.88. The van der Waals surface area contributed by atoms with Crippen LogP contribution in [0.2, 0.25) is 0 Å². The van der Waals surface area contributed by atoms with Crippen LogP contribution in [-0.4, -0.2) is 45.5 Å². The molecule has 0 bridgehead atoms. The van der Waals surface area contributed by atoms with Gasteiger partial charge in [0.15, 0.2) is 11.6 Å². The third-order valence-corrected chi connectivity index (χ3v) is 7.61. The number of carbonyl (C=O) groups excluding carboxylic acids is 2. The molecule has 34 heavy (non-hydrogen) atoms. The lowest BCUT2D eigenvalue weighted by Gasteiger charge is -2.43. The first kappa shape index (κ1) is 26.2. The van der Waals surface area contributed by atoms with Crippen molar-refractivity contribution in [3.8, 4) is 0 Å². The number of carbonyl (C=O) groups is 2. The third-order valence-electron chi connectivity index (χ3n) is 7.61. The summed E-state index contributed by atoms with van der Waals surface area (Å²) in [5.41, 5.74) is 2.54. The Hall–Kier alpha value is -2.36. The third kappa shape index (κ3) is 5.31. The molecule has 0 atom stereocenters. The Morgan fingerprint density at radius 3 is 1.21 bits per heavy atom. The van der Waals surface area contributed by atoms with E-state index in [9.17, 15) is 9.59 Å². The summed E-state index contributed by atoms with van der Waals surface area (Å²) in [6.45, 7) is 23.5. The molecule has 2 aliphatic rings. The quantitative estimate of drug-likeness (QED) is 0.455. The summed E-state index contributed by atoms with van der Waals surface area (Å²) in [4.78, 5) is 31.6. The van der Waals surface area contributed by atoms with Gasteiger partial charge in [-0.3, -0.25) is 9.59 Å². The molecule has 0 saturated heterocycles. The van der Waals surface area contributed by atoms with Gasteiger partial charge >= 0.3 is 0 Å². The molecular weight excluding hydrogens is 420 g/mol. The molecule has 2 heterocycles. The molecule has 4 nitrogen and oxygen atoms in total. The highest BCUT2D eigenvalue weighted by atomic mass is 16.1. The Bertz CT molecular complexity index is 928. The fourth-order valence-electron chi connectivity index (χ4n) is 4.73. The van der Waals surface area contributed by atoms with E-state index in [-0.39, 0.29) is 33.5 Å². The van der Waals surface area contributed by atoms with E-state index in [0.717, 1.165) is 37.1 Å². The zero-order valence-electron chi connectivity index (χ0n) is 23.0. The Kier molecular flexibility index (Phi) is 6.71. The lowest BCUT2D eigenvalue weighted by Crippen LogP contribution is -2.44. The first-order valence-electron chi connectivity index (χ1n) is 12.6. The molecule has 0 radical (unpaired) electrons. The number of ketones is 2. The number of Topliss-reactive ketones (excluding diaryl/α,β-unsaturated/α-hetero) is 2. The second kappa shape index (κ2) is 8.70. The average Bonchev–Trinajstić information content (AvgIpc) is 2.70. The first-order chi connectivity index (χ1) is 15.4. The van der Waals surface area contributed by atoms with Crippen LogP contribution in [-0.2, 0) is 0 Å². The van der Waals surface area contributed by atoms with E-state index in [4.69, 9.17) is 0 Å². The molecule has 0 fully saturated rings. The lowest BCUT2D eigenvalue weighted by molar-refractivity contribution is 0.0951. The summed E-state index contributed by atoms with van der Waals surface area (Å²) in [5, 5.41) is 0. The molecule has 1 aromatic carbocycles. The summed E-state index contributed by atoms with van der Waals surface area (Å²) in [5.74, 6) is 0.100. The summed E-state index contributed by atoms with van der Waals surface area (Å²) >= 11 is 0. The minimum Gasteiger partial charge on any atom is -0.372 e. The Morgan fingerprint density at radius 1 is 0.647 bits per heavy atom. The second-order valence-corrected chi connectivity index (χ2v) is 13.3. The van der Waals surface area contributed by atoms with Gasteiger partial charge in [-0.15, -0.1) is 0 Å². The van der Waals surface area contributed by atoms with Crippen molar-refractivity contribution in [1.29, 1.82) is 0 Å². The van der Waals surface area contributed by atoms with E-state index in [1.54, 1.807) is 0 Å². The van der Waals surface area contributed by atoms with Crippen LogP contribution in [0.15, 0.2) is 47.8 Å². The summed E-state index contributed by atoms with van der Waals surface area (Å²) in [7, 11) is 0. The van der Waals surface area contributed by atoms with Gasteiger partial charge in [-0.1, -0.05) is 52.0 Å². The number of nitrogens with zero attached hydrogens (tertiary/aromatic N) is 2. The first-order valence-corrected chi connectivity index (χ1v) is 12.6. The minimum absolute atomic E-state index is 0.0280. The Balaban J connectivity index is 1.90. The molecule has 3 rings (SSSR count). The fraction of sp³-hybridized carbons (Fsp3) is 0.600. The number of hydrogen-bond acceptors (Lipinski definition) is 4. The zero-order valence-corrected chi connectivity index (χ0v) is 23.0. The predicted molar refractivity (Wildman–Crippen MR) is 141 cm³/mol. The molecule has 0 unspecified atom stereocenters. The minimum atomic E-state index is -0.180. The van der Waals surface area contributed by atoms with Crippen molar-refractivity contribution in [2.75, 3.05) is 13.1 Å². The molecule has 0 aromatic heterocycles. The van der Waals surface area contributed by atoms with Gasteiger partial charge in [0.05, 0.1) is 0 Å². The van der Waals surface area contributed by atoms with Crippen LogP contribution >= 0.6 is 0 Å². The van der Waals surface area contributed by atoms with Gasteiger partial charge < -0.3 is 9.80 Å². The zero-order chi connectivity index (χ0) is 25.7. The van der Waals surface area contributed by atoms with Crippen molar-refractivity contribution in [3.63, 3.8) is 0 Å². The highest BCUT2D eigenvalue weighted by Gasteiger charge is 2.37. The molecule has 0 aliphatic carbocycles. The highest BCUT2D eigenvalue weighted by Crippen LogP contribution is 2.40. The maximum atomic E-state index is 13.5. The monoisotopic (exact) mass is 464 g/mol. The number of allylic oxidation sites excluding steroid dienone is 2.